The van der Waals surface area contributed by atoms with Gasteiger partial charge in [0.1, 0.15) is 11.6 Å². The number of nitrogens with zero attached hydrogens (tertiary/aromatic N) is 1. The zero-order valence-corrected chi connectivity index (χ0v) is 11.2. The van der Waals surface area contributed by atoms with E-state index in [1.165, 1.54) is 11.3 Å². The number of nitrogens with one attached hydrogen (secondary N) is 1. The van der Waals surface area contributed by atoms with Crippen molar-refractivity contribution in [2.24, 2.45) is 5.92 Å². The second-order valence-electron chi connectivity index (χ2n) is 4.35. The number of alkyl halides is 3. The third kappa shape index (κ3) is 6.93. The summed E-state index contributed by atoms with van der Waals surface area (Å²) in [5, 5.41) is 3.81. The molecule has 0 unspecified atom stereocenters. The van der Waals surface area contributed by atoms with Crippen LogP contribution >= 0.6 is 11.3 Å². The number of hydrogen-bond donors (Lipinski definition) is 1. The smallest absolute Gasteiger partial charge is 0.365 e. The average Bonchev–Trinajstić information content (AvgIpc) is 2.63. The molecule has 1 aromatic heterocycles. The van der Waals surface area contributed by atoms with Crippen molar-refractivity contribution in [3.8, 4) is 0 Å². The van der Waals surface area contributed by atoms with Gasteiger partial charge in [-0.25, -0.2) is 4.98 Å². The number of aromatic nitrogens is 1. The molecule has 1 rings (SSSR count). The van der Waals surface area contributed by atoms with E-state index in [1.54, 1.807) is 6.20 Å². The van der Waals surface area contributed by atoms with Crippen molar-refractivity contribution in [3.63, 3.8) is 0 Å². The first-order valence-corrected chi connectivity index (χ1v) is 6.47. The molecule has 104 valence electrons. The minimum atomic E-state index is -4.28. The first-order valence-electron chi connectivity index (χ1n) is 5.65. The van der Waals surface area contributed by atoms with Crippen LogP contribution in [0.1, 0.15) is 23.7 Å². The van der Waals surface area contributed by atoms with Crippen molar-refractivity contribution < 1.29 is 17.9 Å². The van der Waals surface area contributed by atoms with Crippen LogP contribution in [-0.2, 0) is 17.9 Å². The van der Waals surface area contributed by atoms with Crippen molar-refractivity contribution in [1.82, 2.24) is 10.3 Å². The molecule has 0 saturated carbocycles. The Morgan fingerprint density at radius 3 is 2.78 bits per heavy atom. The summed E-state index contributed by atoms with van der Waals surface area (Å²) in [6.07, 6.45) is -2.61. The molecule has 1 heterocycles. The zero-order chi connectivity index (χ0) is 13.6. The molecule has 0 atom stereocenters. The summed E-state index contributed by atoms with van der Waals surface area (Å²) in [5.74, 6) is 0.563. The molecule has 3 nitrogen and oxygen atoms in total. The molecular formula is C11H17F3N2OS. The first-order chi connectivity index (χ1) is 8.37. The summed E-state index contributed by atoms with van der Waals surface area (Å²) in [4.78, 5) is 5.02. The highest BCUT2D eigenvalue weighted by molar-refractivity contribution is 7.11. The van der Waals surface area contributed by atoms with Gasteiger partial charge in [0.2, 0.25) is 0 Å². The third-order valence-corrected chi connectivity index (χ3v) is 2.92. The fourth-order valence-electron chi connectivity index (χ4n) is 1.23. The molecule has 0 spiro atoms. The number of thiazole rings is 1. The lowest BCUT2D eigenvalue weighted by molar-refractivity contribution is -0.176. The molecule has 0 aliphatic heterocycles. The van der Waals surface area contributed by atoms with Gasteiger partial charge in [-0.3, -0.25) is 0 Å². The lowest BCUT2D eigenvalue weighted by Crippen LogP contribution is -2.18. The summed E-state index contributed by atoms with van der Waals surface area (Å²) < 4.78 is 40.1. The van der Waals surface area contributed by atoms with Gasteiger partial charge in [0.15, 0.2) is 0 Å². The average molecular weight is 282 g/mol. The van der Waals surface area contributed by atoms with Crippen LogP contribution in [0.4, 0.5) is 13.2 Å². The second-order valence-corrected chi connectivity index (χ2v) is 5.55. The molecule has 18 heavy (non-hydrogen) atoms. The number of halogens is 3. The molecule has 1 N–H and O–H groups in total. The molecule has 0 radical (unpaired) electrons. The minimum Gasteiger partial charge on any atom is -0.365 e. The molecule has 7 heteroatoms. The normalized spacial score (nSPS) is 12.3. The van der Waals surface area contributed by atoms with Crippen LogP contribution in [0.3, 0.4) is 0 Å². The number of rotatable bonds is 7. The molecule has 0 bridgehead atoms. The Balaban J connectivity index is 2.26. The fraction of sp³-hybridized carbons (Fsp3) is 0.727. The second kappa shape index (κ2) is 7.06. The summed E-state index contributed by atoms with van der Waals surface area (Å²) >= 11 is 1.37. The van der Waals surface area contributed by atoms with Gasteiger partial charge < -0.3 is 10.1 Å². The van der Waals surface area contributed by atoms with E-state index in [9.17, 15) is 13.2 Å². The Morgan fingerprint density at radius 2 is 2.17 bits per heavy atom. The lowest BCUT2D eigenvalue weighted by Gasteiger charge is -2.05. The maximum Gasteiger partial charge on any atom is 0.411 e. The number of hydrogen-bond acceptors (Lipinski definition) is 4. The van der Waals surface area contributed by atoms with Crippen molar-refractivity contribution in [1.29, 1.82) is 0 Å². The van der Waals surface area contributed by atoms with Crippen molar-refractivity contribution >= 4 is 11.3 Å². The van der Waals surface area contributed by atoms with Crippen LogP contribution in [0.15, 0.2) is 6.20 Å². The van der Waals surface area contributed by atoms with E-state index < -0.39 is 12.8 Å². The standard InChI is InChI=1S/C11H17F3N2OS/c1-8(2)3-15-4-9-5-16-10(18-9)6-17-7-11(12,13)14/h5,8,15H,3-4,6-7H2,1-2H3. The van der Waals surface area contributed by atoms with Crippen LogP contribution in [0.25, 0.3) is 0 Å². The summed E-state index contributed by atoms with van der Waals surface area (Å²) in [6.45, 7) is 4.49. The first kappa shape index (κ1) is 15.4. The number of ether oxygens (including phenoxy) is 1. The topological polar surface area (TPSA) is 34.2 Å². The highest BCUT2D eigenvalue weighted by Gasteiger charge is 2.27. The van der Waals surface area contributed by atoms with Gasteiger partial charge >= 0.3 is 6.18 Å². The van der Waals surface area contributed by atoms with Gasteiger partial charge in [0.05, 0.1) is 6.61 Å². The lowest BCUT2D eigenvalue weighted by atomic mass is 10.2. The van der Waals surface area contributed by atoms with Crippen molar-refractivity contribution in [2.45, 2.75) is 33.2 Å². The van der Waals surface area contributed by atoms with Crippen LogP contribution in [-0.4, -0.2) is 24.3 Å². The fourth-order valence-corrected chi connectivity index (χ4v) is 2.06. The largest absolute Gasteiger partial charge is 0.411 e. The Bertz CT molecular complexity index is 352. The Kier molecular flexibility index (Phi) is 6.04. The van der Waals surface area contributed by atoms with Crippen molar-refractivity contribution in [3.05, 3.63) is 16.1 Å². The Hall–Kier alpha value is -0.660. The molecule has 0 aromatic carbocycles. The summed E-state index contributed by atoms with van der Waals surface area (Å²) in [6, 6.07) is 0. The molecule has 0 fully saturated rings. The molecule has 0 amide bonds. The molecule has 0 aliphatic carbocycles. The van der Waals surface area contributed by atoms with E-state index in [-0.39, 0.29) is 6.61 Å². The quantitative estimate of drug-likeness (QED) is 0.835. The predicted octanol–water partition coefficient (Wildman–Crippen LogP) is 2.97. The van der Waals surface area contributed by atoms with Crippen molar-refractivity contribution in [2.75, 3.05) is 13.2 Å². The molecular weight excluding hydrogens is 265 g/mol. The molecule has 0 aliphatic rings. The van der Waals surface area contributed by atoms with Gasteiger partial charge in [-0.15, -0.1) is 11.3 Å². The summed E-state index contributed by atoms with van der Waals surface area (Å²) in [7, 11) is 0. The van der Waals surface area contributed by atoms with Crippen LogP contribution in [0, 0.1) is 5.92 Å². The summed E-state index contributed by atoms with van der Waals surface area (Å²) in [5.41, 5.74) is 0. The molecule has 1 aromatic rings. The maximum absolute atomic E-state index is 11.9. The van der Waals surface area contributed by atoms with E-state index >= 15 is 0 Å². The monoisotopic (exact) mass is 282 g/mol. The molecule has 0 saturated heterocycles. The minimum absolute atomic E-state index is 0.0889. The van der Waals surface area contributed by atoms with E-state index in [2.05, 4.69) is 28.9 Å². The third-order valence-electron chi connectivity index (χ3n) is 1.94. The van der Waals surface area contributed by atoms with Crippen LogP contribution in [0.5, 0.6) is 0 Å². The highest BCUT2D eigenvalue weighted by atomic mass is 32.1. The Labute approximate surface area is 108 Å². The van der Waals surface area contributed by atoms with E-state index in [1.807, 2.05) is 0 Å². The van der Waals surface area contributed by atoms with Gasteiger partial charge in [0, 0.05) is 17.6 Å². The van der Waals surface area contributed by atoms with E-state index in [4.69, 9.17) is 0 Å². The van der Waals surface area contributed by atoms with E-state index in [0.717, 1.165) is 11.4 Å². The van der Waals surface area contributed by atoms with E-state index in [0.29, 0.717) is 17.5 Å². The van der Waals surface area contributed by atoms with Gasteiger partial charge in [-0.05, 0) is 12.5 Å². The zero-order valence-electron chi connectivity index (χ0n) is 10.4. The van der Waals surface area contributed by atoms with Gasteiger partial charge in [-0.1, -0.05) is 13.8 Å². The highest BCUT2D eigenvalue weighted by Crippen LogP contribution is 2.17. The van der Waals surface area contributed by atoms with Gasteiger partial charge in [-0.2, -0.15) is 13.2 Å². The van der Waals surface area contributed by atoms with Gasteiger partial charge in [0.25, 0.3) is 0 Å². The Morgan fingerprint density at radius 1 is 1.44 bits per heavy atom. The maximum atomic E-state index is 11.9. The SMILES string of the molecule is CC(C)CNCc1cnc(COCC(F)(F)F)s1. The van der Waals surface area contributed by atoms with Crippen LogP contribution < -0.4 is 5.32 Å². The van der Waals surface area contributed by atoms with Crippen LogP contribution in [0.2, 0.25) is 0 Å². The predicted molar refractivity (Wildman–Crippen MR) is 64.4 cm³/mol.